The minimum Gasteiger partial charge on any atom is -0.493 e. The summed E-state index contributed by atoms with van der Waals surface area (Å²) in [6.07, 6.45) is 1.71. The average molecular weight is 455 g/mol. The summed E-state index contributed by atoms with van der Waals surface area (Å²) in [6, 6.07) is 17.6. The van der Waals surface area contributed by atoms with E-state index in [-0.39, 0.29) is 11.7 Å². The molecule has 170 valence electrons. The Kier molecular flexibility index (Phi) is 5.43. The second kappa shape index (κ2) is 8.70. The van der Waals surface area contributed by atoms with Crippen LogP contribution in [0, 0.1) is 13.8 Å². The maximum Gasteiger partial charge on any atom is 0.291 e. The average Bonchev–Trinajstić information content (AvgIpc) is 3.44. The van der Waals surface area contributed by atoms with Gasteiger partial charge in [0.25, 0.3) is 5.91 Å². The second-order valence-corrected chi connectivity index (χ2v) is 7.59. The van der Waals surface area contributed by atoms with Gasteiger partial charge in [0.1, 0.15) is 12.1 Å². The Bertz CT molecular complexity index is 1470. The number of carbonyl (C=O) groups is 1. The molecule has 5 rings (SSSR count). The molecule has 2 aromatic carbocycles. The predicted octanol–water partition coefficient (Wildman–Crippen LogP) is 5.08. The highest BCUT2D eigenvalue weighted by Gasteiger charge is 2.15. The molecule has 0 aliphatic carbocycles. The van der Waals surface area contributed by atoms with Gasteiger partial charge in [-0.15, -0.1) is 10.2 Å². The summed E-state index contributed by atoms with van der Waals surface area (Å²) in [7, 11) is 1.56. The summed E-state index contributed by atoms with van der Waals surface area (Å²) in [5.41, 5.74) is 3.07. The fourth-order valence-corrected chi connectivity index (χ4v) is 3.45. The Balaban J connectivity index is 1.25. The molecule has 0 spiro atoms. The summed E-state index contributed by atoms with van der Waals surface area (Å²) in [4.78, 5) is 16.9. The zero-order chi connectivity index (χ0) is 23.7. The van der Waals surface area contributed by atoms with Gasteiger partial charge in [-0.3, -0.25) is 9.36 Å². The summed E-state index contributed by atoms with van der Waals surface area (Å²) < 4.78 is 18.6. The third kappa shape index (κ3) is 4.06. The number of nitrogens with one attached hydrogen (secondary N) is 1. The van der Waals surface area contributed by atoms with E-state index in [1.807, 2.05) is 36.6 Å². The number of hydrogen-bond acceptors (Lipinski definition) is 7. The van der Waals surface area contributed by atoms with Crippen LogP contribution in [0.3, 0.4) is 0 Å². The van der Waals surface area contributed by atoms with E-state index >= 15 is 0 Å². The Morgan fingerprint density at radius 2 is 1.85 bits per heavy atom. The predicted molar refractivity (Wildman–Crippen MR) is 126 cm³/mol. The number of imidazole rings is 1. The topological polar surface area (TPSA) is 104 Å². The van der Waals surface area contributed by atoms with Crippen LogP contribution in [0.25, 0.3) is 16.8 Å². The van der Waals surface area contributed by atoms with Crippen LogP contribution >= 0.6 is 0 Å². The lowest BCUT2D eigenvalue weighted by Crippen LogP contribution is -2.10. The van der Waals surface area contributed by atoms with Gasteiger partial charge in [0.15, 0.2) is 22.9 Å². The summed E-state index contributed by atoms with van der Waals surface area (Å²) in [5, 5.41) is 11.9. The highest BCUT2D eigenvalue weighted by Crippen LogP contribution is 2.29. The lowest BCUT2D eigenvalue weighted by atomic mass is 10.2. The number of nitrogens with zero attached hydrogens (tertiary/aromatic N) is 4. The second-order valence-electron chi connectivity index (χ2n) is 7.59. The number of ether oxygens (including phenoxy) is 2. The van der Waals surface area contributed by atoms with E-state index in [4.69, 9.17) is 13.9 Å². The number of aryl methyl sites for hydroxylation is 1. The third-order valence-electron chi connectivity index (χ3n) is 5.41. The maximum atomic E-state index is 12.6. The van der Waals surface area contributed by atoms with Crippen LogP contribution in [0.4, 0.5) is 5.69 Å². The quantitative estimate of drug-likeness (QED) is 0.381. The fraction of sp³-hybridized carbons (Fsp3) is 0.120. The van der Waals surface area contributed by atoms with Crippen molar-refractivity contribution in [2.24, 2.45) is 0 Å². The molecule has 9 heteroatoms. The van der Waals surface area contributed by atoms with Crippen molar-refractivity contribution in [2.75, 3.05) is 12.4 Å². The normalized spacial score (nSPS) is 10.9. The molecule has 1 amide bonds. The molecule has 34 heavy (non-hydrogen) atoms. The smallest absolute Gasteiger partial charge is 0.291 e. The molecule has 5 aromatic rings. The van der Waals surface area contributed by atoms with Gasteiger partial charge in [-0.2, -0.15) is 0 Å². The summed E-state index contributed by atoms with van der Waals surface area (Å²) in [6.45, 7) is 3.91. The minimum atomic E-state index is -0.363. The number of rotatable bonds is 6. The van der Waals surface area contributed by atoms with E-state index in [9.17, 15) is 4.79 Å². The van der Waals surface area contributed by atoms with Crippen LogP contribution in [-0.2, 0) is 0 Å². The molecule has 0 aliphatic heterocycles. The monoisotopic (exact) mass is 455 g/mol. The molecule has 0 radical (unpaired) electrons. The van der Waals surface area contributed by atoms with Crippen molar-refractivity contribution in [3.05, 3.63) is 84.1 Å². The Hall–Kier alpha value is -4.66. The molecule has 0 atom stereocenters. The molecule has 1 N–H and O–H groups in total. The number of furan rings is 1. The first-order chi connectivity index (χ1) is 16.5. The minimum absolute atomic E-state index is 0.193. The zero-order valence-corrected chi connectivity index (χ0v) is 18.8. The Morgan fingerprint density at radius 1 is 1.03 bits per heavy atom. The maximum absolute atomic E-state index is 12.6. The first-order valence-electron chi connectivity index (χ1n) is 10.5. The number of carbonyl (C=O) groups excluding carboxylic acids is 1. The number of benzene rings is 2. The van der Waals surface area contributed by atoms with Crippen molar-refractivity contribution in [3.8, 4) is 23.2 Å². The van der Waals surface area contributed by atoms with Crippen molar-refractivity contribution in [1.29, 1.82) is 0 Å². The standard InChI is InChI=1S/C25H21N5O4/c1-15-16(2)30(14-26-15)22-11-12-23(29-28-22)33-19-9-7-18(8-10-19)27-25(31)21-13-17-5-4-6-20(32-3)24(17)34-21/h4-14H,1-3H3,(H,27,31). The lowest BCUT2D eigenvalue weighted by Gasteiger charge is -2.08. The molecule has 0 fully saturated rings. The molecule has 0 bridgehead atoms. The first kappa shape index (κ1) is 21.2. The number of methoxy groups -OCH3 is 1. The van der Waals surface area contributed by atoms with Gasteiger partial charge in [-0.25, -0.2) is 4.98 Å². The number of para-hydroxylation sites is 1. The van der Waals surface area contributed by atoms with Crippen LogP contribution in [0.1, 0.15) is 21.9 Å². The molecule has 0 saturated carbocycles. The van der Waals surface area contributed by atoms with Crippen LogP contribution in [-0.4, -0.2) is 32.8 Å². The molecule has 0 aliphatic rings. The van der Waals surface area contributed by atoms with Crippen LogP contribution in [0.5, 0.6) is 17.4 Å². The highest BCUT2D eigenvalue weighted by atomic mass is 16.5. The van der Waals surface area contributed by atoms with Crippen molar-refractivity contribution in [2.45, 2.75) is 13.8 Å². The highest BCUT2D eigenvalue weighted by molar-refractivity contribution is 6.05. The van der Waals surface area contributed by atoms with Gasteiger partial charge in [0, 0.05) is 22.8 Å². The Labute approximate surface area is 195 Å². The van der Waals surface area contributed by atoms with E-state index in [1.165, 1.54) is 0 Å². The van der Waals surface area contributed by atoms with Crippen LogP contribution in [0.15, 0.2) is 71.4 Å². The van der Waals surface area contributed by atoms with Crippen LogP contribution in [0.2, 0.25) is 0 Å². The van der Waals surface area contributed by atoms with Crippen molar-refractivity contribution >= 4 is 22.6 Å². The molecule has 0 saturated heterocycles. The first-order valence-corrected chi connectivity index (χ1v) is 10.5. The number of aromatic nitrogens is 4. The SMILES string of the molecule is COc1cccc2cc(C(=O)Nc3ccc(Oc4ccc(-n5cnc(C)c5C)nn4)cc3)oc12. The van der Waals surface area contributed by atoms with Gasteiger partial charge in [-0.1, -0.05) is 12.1 Å². The summed E-state index contributed by atoms with van der Waals surface area (Å²) >= 11 is 0. The largest absolute Gasteiger partial charge is 0.493 e. The van der Waals surface area contributed by atoms with Gasteiger partial charge < -0.3 is 19.2 Å². The summed E-state index contributed by atoms with van der Waals surface area (Å²) in [5.74, 6) is 1.97. The van der Waals surface area contributed by atoms with Gasteiger partial charge in [0.05, 0.1) is 12.8 Å². The lowest BCUT2D eigenvalue weighted by molar-refractivity contribution is 0.0998. The van der Waals surface area contributed by atoms with Gasteiger partial charge in [-0.05, 0) is 56.3 Å². The van der Waals surface area contributed by atoms with Gasteiger partial charge in [0.2, 0.25) is 5.88 Å². The van der Waals surface area contributed by atoms with E-state index in [1.54, 1.807) is 55.9 Å². The third-order valence-corrected chi connectivity index (χ3v) is 5.41. The molecule has 0 unspecified atom stereocenters. The molecule has 3 aromatic heterocycles. The number of anilines is 1. The van der Waals surface area contributed by atoms with E-state index in [0.717, 1.165) is 16.8 Å². The van der Waals surface area contributed by atoms with E-state index < -0.39 is 0 Å². The van der Waals surface area contributed by atoms with Crippen molar-refractivity contribution < 1.29 is 18.7 Å². The molecule has 3 heterocycles. The van der Waals surface area contributed by atoms with Crippen molar-refractivity contribution in [3.63, 3.8) is 0 Å². The molecular weight excluding hydrogens is 434 g/mol. The zero-order valence-electron chi connectivity index (χ0n) is 18.8. The number of hydrogen-bond donors (Lipinski definition) is 1. The van der Waals surface area contributed by atoms with E-state index in [2.05, 4.69) is 20.5 Å². The number of fused-ring (bicyclic) bond motifs is 1. The molecule has 9 nitrogen and oxygen atoms in total. The van der Waals surface area contributed by atoms with Crippen molar-refractivity contribution in [1.82, 2.24) is 19.7 Å². The van der Waals surface area contributed by atoms with Gasteiger partial charge >= 0.3 is 0 Å². The molecular formula is C25H21N5O4. The number of amides is 1. The van der Waals surface area contributed by atoms with Crippen LogP contribution < -0.4 is 14.8 Å². The van der Waals surface area contributed by atoms with E-state index in [0.29, 0.717) is 34.5 Å². The Morgan fingerprint density at radius 3 is 2.53 bits per heavy atom. The fourth-order valence-electron chi connectivity index (χ4n) is 3.45.